The van der Waals surface area contributed by atoms with Crippen LogP contribution in [0.3, 0.4) is 0 Å². The lowest BCUT2D eigenvalue weighted by molar-refractivity contribution is -0.118. The standard InChI is InChI=1S/C17H15BN2O5S/c21-13(8-12-9-20-4-5-26-17(20)19-12)7-11-6-10-2-1-3-14(16(22)23)15(10)25-18(11)24/h1-5,9,11,24H,6-8H2,(H,22,23)/t11-/m1/s1. The third-order valence-corrected chi connectivity index (χ3v) is 5.23. The number of fused-ring (bicyclic) bond motifs is 2. The number of carboxylic acid groups (broad SMARTS) is 1. The summed E-state index contributed by atoms with van der Waals surface area (Å²) in [7, 11) is -1.21. The zero-order valence-corrected chi connectivity index (χ0v) is 14.5. The quantitative estimate of drug-likeness (QED) is 0.667. The molecule has 2 N–H and O–H groups in total. The maximum Gasteiger partial charge on any atom is 0.526 e. The lowest BCUT2D eigenvalue weighted by atomic mass is 9.64. The number of carbonyl (C=O) groups excluding carboxylic acids is 1. The Hall–Kier alpha value is -2.65. The van der Waals surface area contributed by atoms with Crippen LogP contribution in [0.1, 0.15) is 28.0 Å². The van der Waals surface area contributed by atoms with E-state index in [0.717, 1.165) is 4.96 Å². The highest BCUT2D eigenvalue weighted by molar-refractivity contribution is 7.15. The van der Waals surface area contributed by atoms with Crippen LogP contribution in [0.5, 0.6) is 5.75 Å². The first kappa shape index (κ1) is 16.8. The van der Waals surface area contributed by atoms with Crippen LogP contribution in [0, 0.1) is 0 Å². The first-order chi connectivity index (χ1) is 12.5. The topological polar surface area (TPSA) is 101 Å². The van der Waals surface area contributed by atoms with Gasteiger partial charge in [-0.15, -0.1) is 11.3 Å². The molecule has 0 amide bonds. The number of nitrogens with zero attached hydrogens (tertiary/aromatic N) is 2. The Morgan fingerprint density at radius 2 is 2.27 bits per heavy atom. The van der Waals surface area contributed by atoms with Crippen molar-refractivity contribution in [3.05, 3.63) is 52.8 Å². The lowest BCUT2D eigenvalue weighted by Crippen LogP contribution is -2.36. The van der Waals surface area contributed by atoms with Crippen LogP contribution >= 0.6 is 11.3 Å². The van der Waals surface area contributed by atoms with E-state index in [2.05, 4.69) is 4.98 Å². The molecule has 0 fully saturated rings. The van der Waals surface area contributed by atoms with Gasteiger partial charge in [-0.2, -0.15) is 0 Å². The van der Waals surface area contributed by atoms with Gasteiger partial charge in [0.2, 0.25) is 0 Å². The number of Topliss-reactive ketones (excluding diaryl/α,β-unsaturated/α-hetero) is 1. The van der Waals surface area contributed by atoms with Gasteiger partial charge >= 0.3 is 13.1 Å². The molecule has 0 radical (unpaired) electrons. The predicted octanol–water partition coefficient (Wildman–Crippen LogP) is 2.08. The van der Waals surface area contributed by atoms with Crippen LogP contribution in [0.4, 0.5) is 0 Å². The summed E-state index contributed by atoms with van der Waals surface area (Å²) in [5.41, 5.74) is 1.40. The minimum Gasteiger partial charge on any atom is -0.535 e. The molecule has 0 aliphatic carbocycles. The summed E-state index contributed by atoms with van der Waals surface area (Å²) in [6, 6.07) is 4.83. The third-order valence-electron chi connectivity index (χ3n) is 4.46. The van der Waals surface area contributed by atoms with Gasteiger partial charge in [-0.05, 0) is 18.1 Å². The third kappa shape index (κ3) is 3.11. The van der Waals surface area contributed by atoms with Crippen LogP contribution in [-0.2, 0) is 17.6 Å². The number of carboxylic acids is 1. The lowest BCUT2D eigenvalue weighted by Gasteiger charge is -2.27. The van der Waals surface area contributed by atoms with Gasteiger partial charge in [0.25, 0.3) is 0 Å². The predicted molar refractivity (Wildman–Crippen MR) is 95.9 cm³/mol. The molecule has 9 heteroatoms. The van der Waals surface area contributed by atoms with Crippen LogP contribution in [-0.4, -0.2) is 38.4 Å². The maximum absolute atomic E-state index is 12.4. The molecule has 132 valence electrons. The molecule has 4 rings (SSSR count). The van der Waals surface area contributed by atoms with Crippen molar-refractivity contribution in [3.8, 4) is 5.75 Å². The Balaban J connectivity index is 1.46. The monoisotopic (exact) mass is 370 g/mol. The first-order valence-electron chi connectivity index (χ1n) is 8.14. The molecule has 1 atom stereocenters. The molecule has 0 spiro atoms. The van der Waals surface area contributed by atoms with E-state index in [9.17, 15) is 19.7 Å². The highest BCUT2D eigenvalue weighted by Gasteiger charge is 2.37. The van der Waals surface area contributed by atoms with Gasteiger partial charge in [-0.25, -0.2) is 9.78 Å². The number of imidazole rings is 1. The summed E-state index contributed by atoms with van der Waals surface area (Å²) in [6.07, 6.45) is 4.44. The Morgan fingerprint density at radius 1 is 1.42 bits per heavy atom. The Morgan fingerprint density at radius 3 is 3.04 bits per heavy atom. The van der Waals surface area contributed by atoms with Gasteiger partial charge in [0.1, 0.15) is 11.5 Å². The molecule has 1 aliphatic heterocycles. The first-order valence-corrected chi connectivity index (χ1v) is 9.02. The van der Waals surface area contributed by atoms with Crippen molar-refractivity contribution in [1.82, 2.24) is 9.38 Å². The fraction of sp³-hybridized carbons (Fsp3) is 0.235. The Bertz CT molecular complexity index is 970. The van der Waals surface area contributed by atoms with Gasteiger partial charge in [-0.1, -0.05) is 12.1 Å². The number of rotatable bonds is 5. The van der Waals surface area contributed by atoms with E-state index in [4.69, 9.17) is 4.65 Å². The molecule has 26 heavy (non-hydrogen) atoms. The summed E-state index contributed by atoms with van der Waals surface area (Å²) in [4.78, 5) is 28.9. The summed E-state index contributed by atoms with van der Waals surface area (Å²) in [6.45, 7) is 0. The molecule has 0 unspecified atom stereocenters. The van der Waals surface area contributed by atoms with Crippen molar-refractivity contribution >= 4 is 35.2 Å². The smallest absolute Gasteiger partial charge is 0.526 e. The SMILES string of the molecule is O=C(Cc1cn2ccsc2n1)C[C@H]1Cc2cccc(C(=O)O)c2OB1O. The number of aromatic nitrogens is 2. The number of para-hydroxylation sites is 1. The van der Waals surface area contributed by atoms with E-state index >= 15 is 0 Å². The Kier molecular flexibility index (Phi) is 4.25. The number of thiazole rings is 1. The van der Waals surface area contributed by atoms with Gasteiger partial charge < -0.3 is 14.8 Å². The van der Waals surface area contributed by atoms with E-state index < -0.39 is 18.9 Å². The molecule has 3 aromatic rings. The molecule has 0 bridgehead atoms. The molecule has 3 heterocycles. The largest absolute Gasteiger partial charge is 0.535 e. The zero-order valence-electron chi connectivity index (χ0n) is 13.7. The van der Waals surface area contributed by atoms with Crippen LogP contribution in [0.2, 0.25) is 5.82 Å². The minimum atomic E-state index is -1.21. The summed E-state index contributed by atoms with van der Waals surface area (Å²) >= 11 is 1.50. The second-order valence-corrected chi connectivity index (χ2v) is 7.19. The molecule has 2 aromatic heterocycles. The number of hydrogen-bond acceptors (Lipinski definition) is 6. The fourth-order valence-corrected chi connectivity index (χ4v) is 3.97. The van der Waals surface area contributed by atoms with Gasteiger partial charge in [0, 0.05) is 30.0 Å². The van der Waals surface area contributed by atoms with Crippen LogP contribution in [0.25, 0.3) is 4.96 Å². The van der Waals surface area contributed by atoms with E-state index in [0.29, 0.717) is 17.7 Å². The van der Waals surface area contributed by atoms with Crippen molar-refractivity contribution < 1.29 is 24.4 Å². The van der Waals surface area contributed by atoms with Crippen molar-refractivity contribution in [3.63, 3.8) is 0 Å². The second kappa shape index (κ2) is 6.58. The van der Waals surface area contributed by atoms with Gasteiger partial charge in [0.05, 0.1) is 17.7 Å². The molecular weight excluding hydrogens is 355 g/mol. The maximum atomic E-state index is 12.4. The molecular formula is C17H15BN2O5S. The van der Waals surface area contributed by atoms with Crippen LogP contribution in [0.15, 0.2) is 36.0 Å². The average Bonchev–Trinajstić information content (AvgIpc) is 3.16. The molecule has 1 aromatic carbocycles. The number of hydrogen-bond donors (Lipinski definition) is 2. The number of ketones is 1. The fourth-order valence-electron chi connectivity index (χ4n) is 3.25. The van der Waals surface area contributed by atoms with Crippen molar-refractivity contribution in [1.29, 1.82) is 0 Å². The summed E-state index contributed by atoms with van der Waals surface area (Å²) in [5, 5.41) is 21.4. The highest BCUT2D eigenvalue weighted by Crippen LogP contribution is 2.36. The number of carbonyl (C=O) groups is 2. The molecule has 7 nitrogen and oxygen atoms in total. The molecule has 0 saturated heterocycles. The summed E-state index contributed by atoms with van der Waals surface area (Å²) < 4.78 is 7.30. The minimum absolute atomic E-state index is 0.0180. The summed E-state index contributed by atoms with van der Waals surface area (Å²) in [5.74, 6) is -1.38. The van der Waals surface area contributed by atoms with Gasteiger partial charge in [0.15, 0.2) is 4.96 Å². The zero-order chi connectivity index (χ0) is 18.3. The highest BCUT2D eigenvalue weighted by atomic mass is 32.1. The number of benzene rings is 1. The average molecular weight is 370 g/mol. The molecule has 1 aliphatic rings. The van der Waals surface area contributed by atoms with Crippen molar-refractivity contribution in [2.75, 3.05) is 0 Å². The van der Waals surface area contributed by atoms with Crippen molar-refractivity contribution in [2.45, 2.75) is 25.1 Å². The van der Waals surface area contributed by atoms with Crippen LogP contribution < -0.4 is 4.65 Å². The van der Waals surface area contributed by atoms with Gasteiger partial charge in [-0.3, -0.25) is 9.20 Å². The van der Waals surface area contributed by atoms with E-state index in [1.54, 1.807) is 12.1 Å². The normalized spacial score (nSPS) is 16.3. The molecule has 0 saturated carbocycles. The Labute approximate surface area is 153 Å². The van der Waals surface area contributed by atoms with E-state index in [1.807, 2.05) is 22.2 Å². The van der Waals surface area contributed by atoms with Crippen molar-refractivity contribution in [2.24, 2.45) is 0 Å². The van der Waals surface area contributed by atoms with E-state index in [-0.39, 0.29) is 29.9 Å². The second-order valence-electron chi connectivity index (χ2n) is 6.32. The van der Waals surface area contributed by atoms with E-state index in [1.165, 1.54) is 17.4 Å². The number of aromatic carboxylic acids is 1.